The lowest BCUT2D eigenvalue weighted by Crippen LogP contribution is -2.37. The average molecular weight is 367 g/mol. The summed E-state index contributed by atoms with van der Waals surface area (Å²) in [6.07, 6.45) is 0. The Balaban J connectivity index is 1.99. The monoisotopic (exact) mass is 366 g/mol. The van der Waals surface area contributed by atoms with E-state index in [-0.39, 0.29) is 36.7 Å². The topological polar surface area (TPSA) is 23.6 Å². The summed E-state index contributed by atoms with van der Waals surface area (Å²) in [5, 5.41) is 0.340. The van der Waals surface area contributed by atoms with Crippen LogP contribution in [-0.4, -0.2) is 36.3 Å². The normalized spacial score (nSPS) is 12.3. The van der Waals surface area contributed by atoms with Crippen molar-refractivity contribution in [3.05, 3.63) is 70.2 Å². The van der Waals surface area contributed by atoms with Crippen LogP contribution in [0.4, 0.5) is 8.78 Å². The van der Waals surface area contributed by atoms with Gasteiger partial charge in [-0.25, -0.2) is 8.78 Å². The number of carbonyl (C=O) groups excluding carboxylic acids is 1. The van der Waals surface area contributed by atoms with E-state index in [0.717, 1.165) is 5.56 Å². The molecule has 1 atom stereocenters. The van der Waals surface area contributed by atoms with Gasteiger partial charge in [0, 0.05) is 24.2 Å². The lowest BCUT2D eigenvalue weighted by molar-refractivity contribution is -0.132. The van der Waals surface area contributed by atoms with Crippen molar-refractivity contribution in [3.8, 4) is 0 Å². The van der Waals surface area contributed by atoms with Gasteiger partial charge in [0.15, 0.2) is 0 Å². The Labute approximate surface area is 151 Å². The first-order valence-electron chi connectivity index (χ1n) is 7.92. The van der Waals surface area contributed by atoms with Gasteiger partial charge in [0.2, 0.25) is 5.91 Å². The van der Waals surface area contributed by atoms with Gasteiger partial charge in [0.05, 0.1) is 12.6 Å². The van der Waals surface area contributed by atoms with Crippen LogP contribution in [0.15, 0.2) is 42.5 Å². The molecule has 134 valence electrons. The SMILES string of the molecule is CC(c1ccc(F)cc1)N(C)C(=O)CN(C)Cc1c(F)cccc1Cl. The van der Waals surface area contributed by atoms with E-state index < -0.39 is 0 Å². The summed E-state index contributed by atoms with van der Waals surface area (Å²) >= 11 is 6.02. The van der Waals surface area contributed by atoms with E-state index >= 15 is 0 Å². The van der Waals surface area contributed by atoms with E-state index in [9.17, 15) is 13.6 Å². The molecule has 0 saturated heterocycles. The highest BCUT2D eigenvalue weighted by Crippen LogP contribution is 2.21. The van der Waals surface area contributed by atoms with Gasteiger partial charge in [0.1, 0.15) is 11.6 Å². The zero-order valence-electron chi connectivity index (χ0n) is 14.5. The van der Waals surface area contributed by atoms with E-state index in [1.165, 1.54) is 18.2 Å². The number of hydrogen-bond donors (Lipinski definition) is 0. The van der Waals surface area contributed by atoms with Gasteiger partial charge in [-0.05, 0) is 43.8 Å². The Kier molecular flexibility index (Phi) is 6.51. The third-order valence-electron chi connectivity index (χ3n) is 4.22. The van der Waals surface area contributed by atoms with Crippen LogP contribution in [0.3, 0.4) is 0 Å². The van der Waals surface area contributed by atoms with Gasteiger partial charge in [-0.15, -0.1) is 0 Å². The second-order valence-corrected chi connectivity index (χ2v) is 6.51. The van der Waals surface area contributed by atoms with Gasteiger partial charge in [-0.1, -0.05) is 29.8 Å². The summed E-state index contributed by atoms with van der Waals surface area (Å²) in [6, 6.07) is 10.4. The molecule has 2 aromatic rings. The molecule has 0 N–H and O–H groups in total. The van der Waals surface area contributed by atoms with Crippen molar-refractivity contribution < 1.29 is 13.6 Å². The summed E-state index contributed by atoms with van der Waals surface area (Å²) in [5.41, 5.74) is 1.21. The quantitative estimate of drug-likeness (QED) is 0.762. The van der Waals surface area contributed by atoms with Crippen molar-refractivity contribution in [3.63, 3.8) is 0 Å². The second kappa shape index (κ2) is 8.41. The first kappa shape index (κ1) is 19.3. The second-order valence-electron chi connectivity index (χ2n) is 6.10. The largest absolute Gasteiger partial charge is 0.338 e. The predicted octanol–water partition coefficient (Wildman–Crippen LogP) is 4.27. The standard InChI is InChI=1S/C19H21ClF2N2O/c1-13(14-7-9-15(21)10-8-14)24(3)19(25)12-23(2)11-16-17(20)5-4-6-18(16)22/h4-10,13H,11-12H2,1-3H3. The summed E-state index contributed by atoms with van der Waals surface area (Å²) in [6.45, 7) is 2.22. The zero-order valence-corrected chi connectivity index (χ0v) is 15.2. The molecule has 0 saturated carbocycles. The van der Waals surface area contributed by atoms with E-state index in [1.807, 2.05) is 6.92 Å². The zero-order chi connectivity index (χ0) is 18.6. The third-order valence-corrected chi connectivity index (χ3v) is 4.58. The summed E-state index contributed by atoms with van der Waals surface area (Å²) < 4.78 is 26.9. The van der Waals surface area contributed by atoms with Crippen LogP contribution in [0.2, 0.25) is 5.02 Å². The number of benzene rings is 2. The molecular formula is C19H21ClF2N2O. The molecular weight excluding hydrogens is 346 g/mol. The number of likely N-dealkylation sites (N-methyl/N-ethyl adjacent to an activating group) is 2. The first-order valence-corrected chi connectivity index (χ1v) is 8.30. The van der Waals surface area contributed by atoms with Gasteiger partial charge in [-0.2, -0.15) is 0 Å². The van der Waals surface area contributed by atoms with Crippen molar-refractivity contribution in [1.82, 2.24) is 9.80 Å². The molecule has 3 nitrogen and oxygen atoms in total. The molecule has 6 heteroatoms. The van der Waals surface area contributed by atoms with E-state index in [0.29, 0.717) is 10.6 Å². The Morgan fingerprint density at radius 3 is 2.36 bits per heavy atom. The molecule has 0 aliphatic heterocycles. The van der Waals surface area contributed by atoms with Crippen molar-refractivity contribution in [2.75, 3.05) is 20.6 Å². The Morgan fingerprint density at radius 1 is 1.12 bits per heavy atom. The number of hydrogen-bond acceptors (Lipinski definition) is 2. The molecule has 0 bridgehead atoms. The molecule has 1 amide bonds. The van der Waals surface area contributed by atoms with Crippen LogP contribution in [0.25, 0.3) is 0 Å². The fourth-order valence-electron chi connectivity index (χ4n) is 2.53. The Bertz CT molecular complexity index is 716. The molecule has 2 aromatic carbocycles. The molecule has 0 aliphatic carbocycles. The number of halogens is 3. The number of rotatable bonds is 6. The molecule has 2 rings (SSSR count). The lowest BCUT2D eigenvalue weighted by Gasteiger charge is -2.28. The smallest absolute Gasteiger partial charge is 0.236 e. The molecule has 0 heterocycles. The fourth-order valence-corrected chi connectivity index (χ4v) is 2.76. The molecule has 0 aromatic heterocycles. The van der Waals surface area contributed by atoms with E-state index in [4.69, 9.17) is 11.6 Å². The van der Waals surface area contributed by atoms with Crippen LogP contribution < -0.4 is 0 Å². The van der Waals surface area contributed by atoms with Crippen molar-refractivity contribution in [2.45, 2.75) is 19.5 Å². The van der Waals surface area contributed by atoms with E-state index in [2.05, 4.69) is 0 Å². The van der Waals surface area contributed by atoms with Crippen LogP contribution in [0.1, 0.15) is 24.1 Å². The van der Waals surface area contributed by atoms with Crippen molar-refractivity contribution in [1.29, 1.82) is 0 Å². The fraction of sp³-hybridized carbons (Fsp3) is 0.316. The molecule has 0 aliphatic rings. The van der Waals surface area contributed by atoms with Crippen molar-refractivity contribution in [2.24, 2.45) is 0 Å². The molecule has 1 unspecified atom stereocenters. The minimum Gasteiger partial charge on any atom is -0.338 e. The van der Waals surface area contributed by atoms with Crippen molar-refractivity contribution >= 4 is 17.5 Å². The number of carbonyl (C=O) groups is 1. The third kappa shape index (κ3) is 5.00. The van der Waals surface area contributed by atoms with Crippen LogP contribution in [0.5, 0.6) is 0 Å². The van der Waals surface area contributed by atoms with Gasteiger partial charge >= 0.3 is 0 Å². The number of amides is 1. The number of nitrogens with zero attached hydrogens (tertiary/aromatic N) is 2. The maximum atomic E-state index is 13.9. The highest BCUT2D eigenvalue weighted by atomic mass is 35.5. The summed E-state index contributed by atoms with van der Waals surface area (Å²) in [7, 11) is 3.43. The van der Waals surface area contributed by atoms with Gasteiger partial charge in [0.25, 0.3) is 0 Å². The average Bonchev–Trinajstić information content (AvgIpc) is 2.57. The maximum Gasteiger partial charge on any atom is 0.236 e. The summed E-state index contributed by atoms with van der Waals surface area (Å²) in [4.78, 5) is 15.8. The minimum absolute atomic E-state index is 0.118. The van der Waals surface area contributed by atoms with Crippen LogP contribution in [-0.2, 0) is 11.3 Å². The molecule has 0 spiro atoms. The van der Waals surface area contributed by atoms with Gasteiger partial charge in [-0.3, -0.25) is 9.69 Å². The maximum absolute atomic E-state index is 13.9. The van der Waals surface area contributed by atoms with Gasteiger partial charge < -0.3 is 4.90 Å². The highest BCUT2D eigenvalue weighted by molar-refractivity contribution is 6.31. The lowest BCUT2D eigenvalue weighted by atomic mass is 10.1. The van der Waals surface area contributed by atoms with Crippen LogP contribution >= 0.6 is 11.6 Å². The Hall–Kier alpha value is -1.98. The molecule has 0 radical (unpaired) electrons. The molecule has 0 fully saturated rings. The molecule has 25 heavy (non-hydrogen) atoms. The Morgan fingerprint density at radius 2 is 1.76 bits per heavy atom. The van der Waals surface area contributed by atoms with Crippen LogP contribution in [0, 0.1) is 11.6 Å². The predicted molar refractivity (Wildman–Crippen MR) is 95.3 cm³/mol. The first-order chi connectivity index (χ1) is 11.8. The highest BCUT2D eigenvalue weighted by Gasteiger charge is 2.19. The summed E-state index contributed by atoms with van der Waals surface area (Å²) in [5.74, 6) is -0.821. The van der Waals surface area contributed by atoms with E-state index in [1.54, 1.807) is 48.2 Å². The minimum atomic E-state index is -0.389.